The quantitative estimate of drug-likeness (QED) is 0.545. The summed E-state index contributed by atoms with van der Waals surface area (Å²) in [4.78, 5) is 23.9. The van der Waals surface area contributed by atoms with Gasteiger partial charge in [-0.25, -0.2) is 0 Å². The van der Waals surface area contributed by atoms with Crippen LogP contribution in [0, 0.1) is 6.92 Å². The van der Waals surface area contributed by atoms with Crippen LogP contribution in [0.4, 0.5) is 0 Å². The van der Waals surface area contributed by atoms with Gasteiger partial charge in [0.1, 0.15) is 5.75 Å². The van der Waals surface area contributed by atoms with Crippen LogP contribution in [0.5, 0.6) is 5.75 Å². The summed E-state index contributed by atoms with van der Waals surface area (Å²) in [6.07, 6.45) is 0. The number of carbonyl (C=O) groups is 2. The van der Waals surface area contributed by atoms with Crippen LogP contribution in [-0.4, -0.2) is 23.5 Å². The molecule has 0 heterocycles. The summed E-state index contributed by atoms with van der Waals surface area (Å²) < 4.78 is 5.64. The Labute approximate surface area is 164 Å². The highest BCUT2D eigenvalue weighted by Gasteiger charge is 2.11. The standard InChI is InChI=1S/C20H23N3O3S/c1-13(2)16-10-9-14(3)11-17(16)26-12-18(24)22-23-20(27)21-19(25)15-7-5-4-6-8-15/h4-11,13H,12H2,1-3H3,(H,22,24)(H2,21,23,25,27). The highest BCUT2D eigenvalue weighted by Crippen LogP contribution is 2.27. The molecule has 0 aliphatic carbocycles. The second-order valence-electron chi connectivity index (χ2n) is 6.31. The minimum atomic E-state index is -0.414. The lowest BCUT2D eigenvalue weighted by atomic mass is 10.0. The lowest BCUT2D eigenvalue weighted by Gasteiger charge is -2.15. The van der Waals surface area contributed by atoms with E-state index in [1.54, 1.807) is 24.3 Å². The van der Waals surface area contributed by atoms with Crippen LogP contribution in [0.3, 0.4) is 0 Å². The van der Waals surface area contributed by atoms with Crippen molar-refractivity contribution < 1.29 is 14.3 Å². The maximum Gasteiger partial charge on any atom is 0.276 e. The van der Waals surface area contributed by atoms with Crippen molar-refractivity contribution in [1.29, 1.82) is 0 Å². The molecule has 0 aromatic heterocycles. The number of nitrogens with one attached hydrogen (secondary N) is 3. The molecule has 0 saturated heterocycles. The molecule has 6 nitrogen and oxygen atoms in total. The van der Waals surface area contributed by atoms with Gasteiger partial charge in [-0.05, 0) is 54.4 Å². The Bertz CT molecular complexity index is 822. The van der Waals surface area contributed by atoms with Crippen LogP contribution in [0.2, 0.25) is 0 Å². The van der Waals surface area contributed by atoms with E-state index in [4.69, 9.17) is 17.0 Å². The van der Waals surface area contributed by atoms with E-state index in [2.05, 4.69) is 30.0 Å². The average molecular weight is 385 g/mol. The zero-order chi connectivity index (χ0) is 19.8. The van der Waals surface area contributed by atoms with Gasteiger partial charge in [0, 0.05) is 5.56 Å². The van der Waals surface area contributed by atoms with Crippen LogP contribution in [0.1, 0.15) is 41.3 Å². The topological polar surface area (TPSA) is 79.5 Å². The fourth-order valence-electron chi connectivity index (χ4n) is 2.35. The minimum absolute atomic E-state index is 0.00405. The Morgan fingerprint density at radius 1 is 1.07 bits per heavy atom. The van der Waals surface area contributed by atoms with Crippen LogP contribution in [-0.2, 0) is 4.79 Å². The molecule has 0 aliphatic heterocycles. The van der Waals surface area contributed by atoms with Gasteiger partial charge < -0.3 is 4.74 Å². The normalized spacial score (nSPS) is 10.2. The van der Waals surface area contributed by atoms with E-state index in [0.29, 0.717) is 11.3 Å². The number of hydrogen-bond acceptors (Lipinski definition) is 4. The third-order valence-corrected chi connectivity index (χ3v) is 3.93. The molecule has 0 aliphatic rings. The molecule has 2 aromatic rings. The van der Waals surface area contributed by atoms with Crippen molar-refractivity contribution in [3.63, 3.8) is 0 Å². The molecular weight excluding hydrogens is 362 g/mol. The molecule has 0 bridgehead atoms. The van der Waals surface area contributed by atoms with E-state index in [0.717, 1.165) is 11.1 Å². The first kappa shape index (κ1) is 20.4. The van der Waals surface area contributed by atoms with Crippen LogP contribution < -0.4 is 20.9 Å². The third-order valence-electron chi connectivity index (χ3n) is 3.73. The van der Waals surface area contributed by atoms with E-state index >= 15 is 0 Å². The van der Waals surface area contributed by atoms with Gasteiger partial charge in [-0.1, -0.05) is 44.2 Å². The second kappa shape index (κ2) is 9.68. The molecule has 2 aromatic carbocycles. The monoisotopic (exact) mass is 385 g/mol. The SMILES string of the molecule is Cc1ccc(C(C)C)c(OCC(=O)NNC(=S)NC(=O)c2ccccc2)c1. The number of thiocarbonyl (C=S) groups is 1. The van der Waals surface area contributed by atoms with Crippen molar-refractivity contribution in [2.75, 3.05) is 6.61 Å². The van der Waals surface area contributed by atoms with Crippen molar-refractivity contribution in [2.24, 2.45) is 0 Å². The van der Waals surface area contributed by atoms with Crippen molar-refractivity contribution in [3.05, 3.63) is 65.2 Å². The molecule has 7 heteroatoms. The van der Waals surface area contributed by atoms with E-state index < -0.39 is 5.91 Å². The predicted octanol–water partition coefficient (Wildman–Crippen LogP) is 2.83. The summed E-state index contributed by atoms with van der Waals surface area (Å²) in [5.41, 5.74) is 7.45. The summed E-state index contributed by atoms with van der Waals surface area (Å²) in [7, 11) is 0. The Balaban J connectivity index is 1.80. The van der Waals surface area contributed by atoms with Crippen LogP contribution in [0.15, 0.2) is 48.5 Å². The highest BCUT2D eigenvalue weighted by molar-refractivity contribution is 7.80. The first-order valence-corrected chi connectivity index (χ1v) is 8.96. The van der Waals surface area contributed by atoms with Crippen molar-refractivity contribution in [2.45, 2.75) is 26.7 Å². The molecule has 27 heavy (non-hydrogen) atoms. The number of amides is 2. The van der Waals surface area contributed by atoms with E-state index in [9.17, 15) is 9.59 Å². The molecule has 0 atom stereocenters. The first-order chi connectivity index (χ1) is 12.9. The average Bonchev–Trinajstić information content (AvgIpc) is 2.65. The Kier molecular flexibility index (Phi) is 7.31. The zero-order valence-electron chi connectivity index (χ0n) is 15.5. The summed E-state index contributed by atoms with van der Waals surface area (Å²) in [6.45, 7) is 5.91. The number of benzene rings is 2. The Hall–Kier alpha value is -2.93. The van der Waals surface area contributed by atoms with E-state index in [-0.39, 0.29) is 23.5 Å². The van der Waals surface area contributed by atoms with Crippen molar-refractivity contribution in [3.8, 4) is 5.75 Å². The highest BCUT2D eigenvalue weighted by atomic mass is 32.1. The van der Waals surface area contributed by atoms with Gasteiger partial charge in [0.25, 0.3) is 11.8 Å². The molecule has 3 N–H and O–H groups in total. The van der Waals surface area contributed by atoms with Gasteiger partial charge in [0.2, 0.25) is 0 Å². The fraction of sp³-hybridized carbons (Fsp3) is 0.250. The molecule has 0 spiro atoms. The predicted molar refractivity (Wildman–Crippen MR) is 109 cm³/mol. The van der Waals surface area contributed by atoms with E-state index in [1.807, 2.05) is 31.2 Å². The maximum absolute atomic E-state index is 12.0. The largest absolute Gasteiger partial charge is 0.483 e. The second-order valence-corrected chi connectivity index (χ2v) is 6.72. The van der Waals surface area contributed by atoms with Gasteiger partial charge in [-0.15, -0.1) is 0 Å². The minimum Gasteiger partial charge on any atom is -0.483 e. The van der Waals surface area contributed by atoms with Crippen molar-refractivity contribution >= 4 is 29.1 Å². The van der Waals surface area contributed by atoms with Crippen LogP contribution in [0.25, 0.3) is 0 Å². The number of hydrogen-bond donors (Lipinski definition) is 3. The lowest BCUT2D eigenvalue weighted by Crippen LogP contribution is -2.49. The summed E-state index contributed by atoms with van der Waals surface area (Å²) in [5.74, 6) is 0.185. The van der Waals surface area contributed by atoms with Crippen LogP contribution >= 0.6 is 12.2 Å². The summed E-state index contributed by atoms with van der Waals surface area (Å²) >= 11 is 5.00. The fourth-order valence-corrected chi connectivity index (χ4v) is 2.49. The van der Waals surface area contributed by atoms with Gasteiger partial charge in [-0.2, -0.15) is 0 Å². The van der Waals surface area contributed by atoms with Gasteiger partial charge in [-0.3, -0.25) is 25.8 Å². The number of carbonyl (C=O) groups excluding carboxylic acids is 2. The van der Waals surface area contributed by atoms with Gasteiger partial charge in [0.05, 0.1) is 0 Å². The van der Waals surface area contributed by atoms with Gasteiger partial charge in [0.15, 0.2) is 11.7 Å². The molecule has 0 radical (unpaired) electrons. The lowest BCUT2D eigenvalue weighted by molar-refractivity contribution is -0.123. The number of ether oxygens (including phenoxy) is 1. The molecule has 0 saturated carbocycles. The number of rotatable bonds is 5. The number of hydrazine groups is 1. The Morgan fingerprint density at radius 2 is 1.78 bits per heavy atom. The maximum atomic E-state index is 12.0. The first-order valence-electron chi connectivity index (χ1n) is 8.55. The molecule has 2 amide bonds. The smallest absolute Gasteiger partial charge is 0.276 e. The molecule has 0 fully saturated rings. The Morgan fingerprint density at radius 3 is 2.44 bits per heavy atom. The van der Waals surface area contributed by atoms with Crippen molar-refractivity contribution in [1.82, 2.24) is 16.2 Å². The van der Waals surface area contributed by atoms with E-state index in [1.165, 1.54) is 0 Å². The molecule has 0 unspecified atom stereocenters. The summed E-state index contributed by atoms with van der Waals surface area (Å²) in [5, 5.41) is 2.48. The molecule has 2 rings (SSSR count). The summed E-state index contributed by atoms with van der Waals surface area (Å²) in [6, 6.07) is 14.6. The third kappa shape index (κ3) is 6.38. The number of aryl methyl sites for hydroxylation is 1. The van der Waals surface area contributed by atoms with Gasteiger partial charge >= 0.3 is 0 Å². The molecular formula is C20H23N3O3S. The zero-order valence-corrected chi connectivity index (χ0v) is 16.4. The molecule has 142 valence electrons.